The van der Waals surface area contributed by atoms with Crippen LogP contribution in [0.5, 0.6) is 11.5 Å². The molecule has 0 heterocycles. The highest BCUT2D eigenvalue weighted by atomic mass is 16.5. The van der Waals surface area contributed by atoms with E-state index in [1.54, 1.807) is 68.6 Å². The number of nitrogens with zero attached hydrogens (tertiary/aromatic N) is 1. The van der Waals surface area contributed by atoms with Crippen LogP contribution in [0.1, 0.15) is 34.8 Å². The highest BCUT2D eigenvalue weighted by Gasteiger charge is 2.59. The topological polar surface area (TPSA) is 179 Å². The molecule has 0 radical (unpaired) electrons. The number of primary amides is 1. The molecule has 6 rings (SSSR count). The molecule has 3 aliphatic carbocycles. The van der Waals surface area contributed by atoms with Crippen molar-refractivity contribution in [1.29, 1.82) is 0 Å². The fraction of sp³-hybridized carbons (Fsp3) is 0.278. The van der Waals surface area contributed by atoms with Crippen LogP contribution >= 0.6 is 0 Å². The molecule has 6 N–H and O–H groups in total. The lowest BCUT2D eigenvalue weighted by Gasteiger charge is -2.50. The largest absolute Gasteiger partial charge is 0.510 e. The summed E-state index contributed by atoms with van der Waals surface area (Å²) in [7, 11) is 4.91. The van der Waals surface area contributed by atoms with Gasteiger partial charge in [0.05, 0.1) is 24.6 Å². The molecule has 0 bridgehead atoms. The van der Waals surface area contributed by atoms with Gasteiger partial charge in [0.1, 0.15) is 28.6 Å². The van der Waals surface area contributed by atoms with Gasteiger partial charge in [0.2, 0.25) is 0 Å². The first-order valence-corrected chi connectivity index (χ1v) is 15.1. The van der Waals surface area contributed by atoms with E-state index in [1.807, 2.05) is 19.1 Å². The summed E-state index contributed by atoms with van der Waals surface area (Å²) in [6.07, 6.45) is 0.455. The Morgan fingerprint density at radius 3 is 2.21 bits per heavy atom. The number of aromatic hydroxyl groups is 1. The summed E-state index contributed by atoms with van der Waals surface area (Å²) in [5.74, 6) is -5.46. The van der Waals surface area contributed by atoms with Gasteiger partial charge in [-0.05, 0) is 92.0 Å². The number of benzene rings is 3. The number of hydrogen-bond donors (Lipinski definition) is 5. The number of Topliss-reactive ketones (excluding diaryl/α,β-unsaturated/α-hetero) is 2. The SMILES string of the molecule is COc1ccc(C(=O)Nc2ccc(-c3ccc(O)c4c3CC3(C)CC5C(C(=O)C(C(N)=O)=C(O)C5N(C)C)C(=O)C3=C4O)cc2)cc1. The number of hydrogen-bond acceptors (Lipinski definition) is 9. The van der Waals surface area contributed by atoms with Crippen LogP contribution in [0.2, 0.25) is 0 Å². The molecule has 11 heteroatoms. The quantitative estimate of drug-likeness (QED) is 0.196. The summed E-state index contributed by atoms with van der Waals surface area (Å²) in [5.41, 5.74) is 7.05. The number of methoxy groups -OCH3 is 1. The number of likely N-dealkylation sites (N-methyl/N-ethyl adjacent to an activating group) is 1. The van der Waals surface area contributed by atoms with Gasteiger partial charge in [-0.2, -0.15) is 0 Å². The molecule has 3 aromatic rings. The molecule has 0 aliphatic heterocycles. The first-order chi connectivity index (χ1) is 22.3. The molecule has 1 saturated carbocycles. The fourth-order valence-corrected chi connectivity index (χ4v) is 7.61. The fourth-order valence-electron chi connectivity index (χ4n) is 7.61. The number of aliphatic hydroxyl groups excluding tert-OH is 2. The second kappa shape index (κ2) is 11.4. The van der Waals surface area contributed by atoms with Crippen LogP contribution in [0.4, 0.5) is 5.69 Å². The number of fused-ring (bicyclic) bond motifs is 3. The van der Waals surface area contributed by atoms with E-state index in [4.69, 9.17) is 10.5 Å². The Balaban J connectivity index is 1.37. The van der Waals surface area contributed by atoms with Gasteiger partial charge in [0, 0.05) is 22.2 Å². The average molecular weight is 638 g/mol. The first kappa shape index (κ1) is 31.6. The van der Waals surface area contributed by atoms with Crippen LogP contribution in [0, 0.1) is 17.3 Å². The van der Waals surface area contributed by atoms with Gasteiger partial charge in [-0.3, -0.25) is 24.1 Å². The number of carbonyl (C=O) groups is 4. The summed E-state index contributed by atoms with van der Waals surface area (Å²) < 4.78 is 5.15. The lowest BCUT2D eigenvalue weighted by atomic mass is 9.53. The molecule has 0 aromatic heterocycles. The minimum absolute atomic E-state index is 0.00589. The number of nitrogens with one attached hydrogen (secondary N) is 1. The molecule has 4 atom stereocenters. The van der Waals surface area contributed by atoms with Crippen LogP contribution in [0.15, 0.2) is 77.6 Å². The number of phenols is 1. The van der Waals surface area contributed by atoms with Crippen molar-refractivity contribution in [3.8, 4) is 22.6 Å². The number of phenolic OH excluding ortho intramolecular Hbond substituents is 1. The van der Waals surface area contributed by atoms with Crippen LogP contribution in [0.3, 0.4) is 0 Å². The summed E-state index contributed by atoms with van der Waals surface area (Å²) in [6.45, 7) is 1.82. The van der Waals surface area contributed by atoms with E-state index in [0.29, 0.717) is 28.1 Å². The van der Waals surface area contributed by atoms with Gasteiger partial charge in [-0.1, -0.05) is 25.1 Å². The smallest absolute Gasteiger partial charge is 0.255 e. The number of ketones is 2. The Labute approximate surface area is 271 Å². The van der Waals surface area contributed by atoms with Gasteiger partial charge in [0.25, 0.3) is 11.8 Å². The zero-order valence-corrected chi connectivity index (χ0v) is 26.3. The summed E-state index contributed by atoms with van der Waals surface area (Å²) in [4.78, 5) is 54.3. The number of aliphatic hydroxyl groups is 2. The number of rotatable bonds is 6. The third-order valence-corrected chi connectivity index (χ3v) is 9.66. The Bertz CT molecular complexity index is 1910. The van der Waals surface area contributed by atoms with Crippen molar-refractivity contribution in [3.63, 3.8) is 0 Å². The molecular weight excluding hydrogens is 602 g/mol. The number of ether oxygens (including phenoxy) is 1. The number of allylic oxidation sites excluding steroid dienone is 1. The number of nitrogens with two attached hydrogens (primary N) is 1. The third-order valence-electron chi connectivity index (χ3n) is 9.66. The normalized spacial score (nSPS) is 23.6. The predicted octanol–water partition coefficient (Wildman–Crippen LogP) is 4.17. The molecule has 11 nitrogen and oxygen atoms in total. The number of anilines is 1. The van der Waals surface area contributed by atoms with E-state index in [-0.39, 0.29) is 35.6 Å². The minimum Gasteiger partial charge on any atom is -0.510 e. The molecule has 242 valence electrons. The van der Waals surface area contributed by atoms with E-state index in [2.05, 4.69) is 5.32 Å². The van der Waals surface area contributed by atoms with Crippen molar-refractivity contribution >= 4 is 34.8 Å². The second-order valence-electron chi connectivity index (χ2n) is 12.8. The standard InChI is InChI=1S/C36H35N3O8/c1-36-15-22-21(17-5-9-19(10-6-17)38-35(46)18-7-11-20(47-4)12-8-18)13-14-24(40)25(22)31(42)28(36)32(43)26-23(16-36)29(39(2)3)33(44)27(30(26)41)34(37)45/h5-14,23,26,29,40,42,44H,15-16H2,1-4H3,(H2,37,45)(H,38,46). The van der Waals surface area contributed by atoms with Crippen molar-refractivity contribution in [2.75, 3.05) is 26.5 Å². The van der Waals surface area contributed by atoms with Crippen molar-refractivity contribution in [1.82, 2.24) is 4.90 Å². The van der Waals surface area contributed by atoms with Gasteiger partial charge in [-0.15, -0.1) is 0 Å². The van der Waals surface area contributed by atoms with Crippen molar-refractivity contribution in [2.45, 2.75) is 25.8 Å². The molecule has 3 aromatic carbocycles. The molecular formula is C36H35N3O8. The van der Waals surface area contributed by atoms with Gasteiger partial charge < -0.3 is 31.1 Å². The van der Waals surface area contributed by atoms with Crippen molar-refractivity contribution in [2.24, 2.45) is 23.0 Å². The van der Waals surface area contributed by atoms with E-state index in [9.17, 15) is 34.5 Å². The van der Waals surface area contributed by atoms with Crippen molar-refractivity contribution < 1.29 is 39.2 Å². The monoisotopic (exact) mass is 637 g/mol. The third kappa shape index (κ3) is 5.03. The maximum atomic E-state index is 14.2. The molecule has 0 saturated heterocycles. The predicted molar refractivity (Wildman–Crippen MR) is 174 cm³/mol. The summed E-state index contributed by atoms with van der Waals surface area (Å²) in [6, 6.07) is 16.2. The summed E-state index contributed by atoms with van der Waals surface area (Å²) in [5, 5.41) is 36.5. The maximum absolute atomic E-state index is 14.2. The minimum atomic E-state index is -1.33. The highest BCUT2D eigenvalue weighted by molar-refractivity contribution is 6.28. The molecule has 47 heavy (non-hydrogen) atoms. The van der Waals surface area contributed by atoms with Crippen molar-refractivity contribution in [3.05, 3.63) is 94.3 Å². The Kier molecular flexibility index (Phi) is 7.67. The molecule has 1 fully saturated rings. The van der Waals surface area contributed by atoms with Crippen LogP contribution in [-0.4, -0.2) is 70.8 Å². The Hall–Kier alpha value is -5.42. The lowest BCUT2D eigenvalue weighted by molar-refractivity contribution is -0.138. The molecule has 3 aliphatic rings. The van der Waals surface area contributed by atoms with Gasteiger partial charge >= 0.3 is 0 Å². The van der Waals surface area contributed by atoms with Gasteiger partial charge in [0.15, 0.2) is 11.6 Å². The second-order valence-corrected chi connectivity index (χ2v) is 12.8. The zero-order chi connectivity index (χ0) is 33.9. The highest BCUT2D eigenvalue weighted by Crippen LogP contribution is 2.57. The summed E-state index contributed by atoms with van der Waals surface area (Å²) >= 11 is 0. The maximum Gasteiger partial charge on any atom is 0.255 e. The van der Waals surface area contributed by atoms with E-state index < -0.39 is 57.9 Å². The van der Waals surface area contributed by atoms with Gasteiger partial charge in [-0.25, -0.2) is 0 Å². The lowest BCUT2D eigenvalue weighted by Crippen LogP contribution is -2.57. The Morgan fingerprint density at radius 2 is 1.62 bits per heavy atom. The average Bonchev–Trinajstić information content (AvgIpc) is 3.00. The molecule has 0 spiro atoms. The van der Waals surface area contributed by atoms with Crippen LogP contribution in [0.25, 0.3) is 16.9 Å². The zero-order valence-electron chi connectivity index (χ0n) is 26.3. The molecule has 4 unspecified atom stereocenters. The van der Waals surface area contributed by atoms with E-state index >= 15 is 0 Å². The number of carbonyl (C=O) groups excluding carboxylic acids is 4. The van der Waals surface area contributed by atoms with E-state index in [0.717, 1.165) is 5.56 Å². The number of amides is 2. The van der Waals surface area contributed by atoms with Crippen LogP contribution in [-0.2, 0) is 20.8 Å². The van der Waals surface area contributed by atoms with Crippen LogP contribution < -0.4 is 15.8 Å². The van der Waals surface area contributed by atoms with E-state index in [1.165, 1.54) is 6.07 Å². The first-order valence-electron chi connectivity index (χ1n) is 15.1. The molecule has 2 amide bonds. The Morgan fingerprint density at radius 1 is 0.957 bits per heavy atom.